The zero-order valence-electron chi connectivity index (χ0n) is 17.0. The van der Waals surface area contributed by atoms with Gasteiger partial charge in [0.05, 0.1) is 10.3 Å². The molecule has 0 saturated heterocycles. The highest BCUT2D eigenvalue weighted by atomic mass is 32.1. The average molecular weight is 418 g/mol. The summed E-state index contributed by atoms with van der Waals surface area (Å²) in [4.78, 5) is 26.5. The predicted octanol–water partition coefficient (Wildman–Crippen LogP) is 5.28. The van der Waals surface area contributed by atoms with Gasteiger partial charge in [0, 0.05) is 11.1 Å². The van der Waals surface area contributed by atoms with Gasteiger partial charge in [0.25, 0.3) is 5.56 Å². The lowest BCUT2D eigenvalue weighted by atomic mass is 9.99. The molecule has 4 aromatic rings. The molecule has 1 atom stereocenters. The van der Waals surface area contributed by atoms with Crippen molar-refractivity contribution in [2.24, 2.45) is 0 Å². The van der Waals surface area contributed by atoms with Crippen LogP contribution in [0, 0.1) is 0 Å². The van der Waals surface area contributed by atoms with E-state index in [0.717, 1.165) is 16.7 Å². The van der Waals surface area contributed by atoms with Crippen LogP contribution in [0.3, 0.4) is 0 Å². The second-order valence-corrected chi connectivity index (χ2v) is 8.26. The van der Waals surface area contributed by atoms with Gasteiger partial charge in [-0.05, 0) is 47.5 Å². The molecule has 0 aliphatic carbocycles. The van der Waals surface area contributed by atoms with E-state index in [1.54, 1.807) is 17.4 Å². The molecule has 0 radical (unpaired) electrons. The van der Waals surface area contributed by atoms with Crippen LogP contribution in [0.4, 0.5) is 5.69 Å². The average Bonchev–Trinajstić information content (AvgIpc) is 3.30. The van der Waals surface area contributed by atoms with Gasteiger partial charge in [0.2, 0.25) is 5.91 Å². The van der Waals surface area contributed by atoms with E-state index >= 15 is 0 Å². The van der Waals surface area contributed by atoms with Crippen LogP contribution in [-0.4, -0.2) is 15.7 Å². The minimum Gasteiger partial charge on any atom is -0.324 e. The Morgan fingerprint density at radius 3 is 2.47 bits per heavy atom. The molecule has 0 fully saturated rings. The monoisotopic (exact) mass is 417 g/mol. The second kappa shape index (κ2) is 8.63. The van der Waals surface area contributed by atoms with Crippen molar-refractivity contribution in [3.63, 3.8) is 0 Å². The van der Waals surface area contributed by atoms with E-state index in [1.165, 1.54) is 10.2 Å². The summed E-state index contributed by atoms with van der Waals surface area (Å²) < 4.78 is 1.25. The van der Waals surface area contributed by atoms with Gasteiger partial charge < -0.3 is 5.32 Å². The van der Waals surface area contributed by atoms with Crippen molar-refractivity contribution in [1.82, 2.24) is 9.78 Å². The summed E-state index contributed by atoms with van der Waals surface area (Å²) in [5, 5.41) is 10.7. The van der Waals surface area contributed by atoms with Crippen molar-refractivity contribution >= 4 is 33.7 Å². The fourth-order valence-corrected chi connectivity index (χ4v) is 4.13. The molecule has 2 heterocycles. The fraction of sp³-hybridized carbons (Fsp3) is 0.208. The van der Waals surface area contributed by atoms with E-state index in [4.69, 9.17) is 0 Å². The number of carbonyl (C=O) groups excluding carboxylic acids is 1. The number of hydrogen-bond acceptors (Lipinski definition) is 4. The van der Waals surface area contributed by atoms with Gasteiger partial charge in [0.15, 0.2) is 0 Å². The van der Waals surface area contributed by atoms with Crippen LogP contribution in [0.2, 0.25) is 0 Å². The van der Waals surface area contributed by atoms with Gasteiger partial charge in [-0.25, -0.2) is 4.68 Å². The third-order valence-corrected chi connectivity index (χ3v) is 6.17. The summed E-state index contributed by atoms with van der Waals surface area (Å²) in [5.41, 5.74) is 2.39. The summed E-state index contributed by atoms with van der Waals surface area (Å²) in [6.45, 7) is 4.19. The Bertz CT molecular complexity index is 1230. The number of benzene rings is 2. The molecule has 0 saturated carbocycles. The Labute approximate surface area is 179 Å². The molecule has 2 aromatic heterocycles. The first-order valence-electron chi connectivity index (χ1n) is 10.0. The Hall–Kier alpha value is -3.25. The smallest absolute Gasteiger partial charge is 0.275 e. The largest absolute Gasteiger partial charge is 0.324 e. The van der Waals surface area contributed by atoms with Crippen LogP contribution in [-0.2, 0) is 11.3 Å². The molecule has 2 aromatic carbocycles. The highest BCUT2D eigenvalue weighted by molar-refractivity contribution is 7.13. The van der Waals surface area contributed by atoms with Gasteiger partial charge in [-0.3, -0.25) is 9.59 Å². The number of anilines is 1. The van der Waals surface area contributed by atoms with Gasteiger partial charge in [-0.15, -0.1) is 11.3 Å². The van der Waals surface area contributed by atoms with Crippen LogP contribution in [0.25, 0.3) is 21.3 Å². The number of fused-ring (bicyclic) bond motifs is 1. The molecule has 6 heteroatoms. The van der Waals surface area contributed by atoms with Gasteiger partial charge in [-0.2, -0.15) is 5.10 Å². The maximum absolute atomic E-state index is 12.9. The lowest BCUT2D eigenvalue weighted by Gasteiger charge is -2.12. The Balaban J connectivity index is 1.61. The first kappa shape index (κ1) is 20.0. The molecule has 0 aliphatic heterocycles. The van der Waals surface area contributed by atoms with Gasteiger partial charge in [-0.1, -0.05) is 50.2 Å². The number of hydrogen-bond donors (Lipinski definition) is 1. The number of amides is 1. The van der Waals surface area contributed by atoms with E-state index in [1.807, 2.05) is 60.0 Å². The molecule has 152 valence electrons. The first-order valence-corrected chi connectivity index (χ1v) is 10.9. The molecule has 0 aliphatic rings. The molecular weight excluding hydrogens is 394 g/mol. The lowest BCUT2D eigenvalue weighted by molar-refractivity contribution is -0.117. The Kier molecular flexibility index (Phi) is 5.77. The molecule has 30 heavy (non-hydrogen) atoms. The quantitative estimate of drug-likeness (QED) is 0.464. The van der Waals surface area contributed by atoms with Crippen LogP contribution in [0.15, 0.2) is 70.8 Å². The number of thiophene rings is 1. The summed E-state index contributed by atoms with van der Waals surface area (Å²) in [6, 6.07) is 19.1. The molecule has 1 N–H and O–H groups in total. The van der Waals surface area contributed by atoms with E-state index in [2.05, 4.69) is 24.3 Å². The highest BCUT2D eigenvalue weighted by Crippen LogP contribution is 2.28. The Morgan fingerprint density at radius 2 is 1.80 bits per heavy atom. The van der Waals surface area contributed by atoms with Crippen LogP contribution in [0.5, 0.6) is 0 Å². The van der Waals surface area contributed by atoms with Crippen molar-refractivity contribution in [2.45, 2.75) is 32.7 Å². The summed E-state index contributed by atoms with van der Waals surface area (Å²) in [7, 11) is 0. The molecule has 0 spiro atoms. The molecule has 4 rings (SSSR count). The first-order chi connectivity index (χ1) is 14.6. The van der Waals surface area contributed by atoms with Crippen molar-refractivity contribution < 1.29 is 4.79 Å². The normalized spacial score (nSPS) is 12.1. The molecule has 5 nitrogen and oxygen atoms in total. The number of rotatable bonds is 6. The van der Waals surface area contributed by atoms with Crippen molar-refractivity contribution in [3.8, 4) is 10.6 Å². The SMILES string of the molecule is CC[C@H](C)c1ccc(NC(=O)Cn2nc(-c3cccs3)c3ccccc3c2=O)cc1. The third kappa shape index (κ3) is 4.04. The molecule has 0 bridgehead atoms. The Morgan fingerprint density at radius 1 is 1.07 bits per heavy atom. The number of nitrogens with zero attached hydrogens (tertiary/aromatic N) is 2. The number of aromatic nitrogens is 2. The molecule has 1 amide bonds. The third-order valence-electron chi connectivity index (χ3n) is 5.29. The van der Waals surface area contributed by atoms with Crippen LogP contribution in [0.1, 0.15) is 31.7 Å². The van der Waals surface area contributed by atoms with E-state index < -0.39 is 0 Å². The summed E-state index contributed by atoms with van der Waals surface area (Å²) in [5.74, 6) is 0.194. The molecular formula is C24H23N3O2S. The minimum atomic E-state index is -0.284. The van der Waals surface area contributed by atoms with Crippen molar-refractivity contribution in [3.05, 3.63) is 82.0 Å². The zero-order chi connectivity index (χ0) is 21.1. The fourth-order valence-electron chi connectivity index (χ4n) is 3.40. The van der Waals surface area contributed by atoms with Crippen molar-refractivity contribution in [2.75, 3.05) is 5.32 Å². The number of nitrogens with one attached hydrogen (secondary N) is 1. The van der Waals surface area contributed by atoms with E-state index in [-0.39, 0.29) is 18.0 Å². The van der Waals surface area contributed by atoms with Crippen molar-refractivity contribution in [1.29, 1.82) is 0 Å². The topological polar surface area (TPSA) is 64.0 Å². The summed E-state index contributed by atoms with van der Waals surface area (Å²) >= 11 is 1.55. The number of carbonyl (C=O) groups is 1. The maximum Gasteiger partial charge on any atom is 0.275 e. The van der Waals surface area contributed by atoms with E-state index in [0.29, 0.717) is 22.7 Å². The predicted molar refractivity (Wildman–Crippen MR) is 123 cm³/mol. The van der Waals surface area contributed by atoms with Crippen LogP contribution < -0.4 is 10.9 Å². The highest BCUT2D eigenvalue weighted by Gasteiger charge is 2.15. The lowest BCUT2D eigenvalue weighted by Crippen LogP contribution is -2.30. The van der Waals surface area contributed by atoms with Gasteiger partial charge >= 0.3 is 0 Å². The van der Waals surface area contributed by atoms with Gasteiger partial charge in [0.1, 0.15) is 12.2 Å². The zero-order valence-corrected chi connectivity index (χ0v) is 17.8. The van der Waals surface area contributed by atoms with Crippen LogP contribution >= 0.6 is 11.3 Å². The van der Waals surface area contributed by atoms with E-state index in [9.17, 15) is 9.59 Å². The molecule has 0 unspecified atom stereocenters. The minimum absolute atomic E-state index is 0.144. The standard InChI is InChI=1S/C24H23N3O2S/c1-3-16(2)17-10-12-18(13-11-17)25-22(28)15-27-24(29)20-8-5-4-7-19(20)23(26-27)21-9-6-14-30-21/h4-14,16H,3,15H2,1-2H3,(H,25,28)/t16-/m0/s1. The summed E-state index contributed by atoms with van der Waals surface area (Å²) in [6.07, 6.45) is 1.06. The maximum atomic E-state index is 12.9. The second-order valence-electron chi connectivity index (χ2n) is 7.31.